The van der Waals surface area contributed by atoms with Crippen LogP contribution in [0.15, 0.2) is 24.3 Å². The maximum atomic E-state index is 13.8. The van der Waals surface area contributed by atoms with Gasteiger partial charge in [0.2, 0.25) is 5.91 Å². The Balaban J connectivity index is 2.51. The molecule has 0 saturated carbocycles. The van der Waals surface area contributed by atoms with Crippen LogP contribution in [0.3, 0.4) is 0 Å². The number of nitrogens with zero attached hydrogens (tertiary/aromatic N) is 1. The van der Waals surface area contributed by atoms with Gasteiger partial charge in [0.15, 0.2) is 0 Å². The second-order valence-corrected chi connectivity index (χ2v) is 5.43. The van der Waals surface area contributed by atoms with E-state index < -0.39 is 5.54 Å². The Morgan fingerprint density at radius 2 is 2.05 bits per heavy atom. The van der Waals surface area contributed by atoms with Crippen LogP contribution in [0.4, 0.5) is 10.1 Å². The van der Waals surface area contributed by atoms with Crippen molar-refractivity contribution in [2.45, 2.75) is 38.6 Å². The van der Waals surface area contributed by atoms with E-state index in [2.05, 4.69) is 5.32 Å². The molecule has 118 valence electrons. The molecule has 1 aromatic carbocycles. The fourth-order valence-corrected chi connectivity index (χ4v) is 2.31. The van der Waals surface area contributed by atoms with E-state index >= 15 is 0 Å². The van der Waals surface area contributed by atoms with Gasteiger partial charge in [-0.05, 0) is 52.3 Å². The summed E-state index contributed by atoms with van der Waals surface area (Å²) in [6, 6.07) is 6.80. The Morgan fingerprint density at radius 1 is 1.38 bits per heavy atom. The molecule has 0 bridgehead atoms. The summed E-state index contributed by atoms with van der Waals surface area (Å²) in [6.45, 7) is 5.33. The summed E-state index contributed by atoms with van der Waals surface area (Å²) in [4.78, 5) is 13.4. The lowest BCUT2D eigenvalue weighted by Gasteiger charge is -2.27. The lowest BCUT2D eigenvalue weighted by atomic mass is 9.94. The van der Waals surface area contributed by atoms with Crippen LogP contribution in [0.5, 0.6) is 0 Å². The summed E-state index contributed by atoms with van der Waals surface area (Å²) >= 11 is 0. The molecule has 5 heteroatoms. The maximum absolute atomic E-state index is 13.8. The summed E-state index contributed by atoms with van der Waals surface area (Å²) < 4.78 is 13.8. The van der Waals surface area contributed by atoms with Crippen molar-refractivity contribution in [3.05, 3.63) is 30.1 Å². The quantitative estimate of drug-likeness (QED) is 0.687. The third kappa shape index (κ3) is 4.70. The van der Waals surface area contributed by atoms with Gasteiger partial charge in [0, 0.05) is 13.1 Å². The van der Waals surface area contributed by atoms with E-state index in [1.807, 2.05) is 24.8 Å². The first kappa shape index (κ1) is 17.4. The zero-order chi connectivity index (χ0) is 15.9. The molecule has 0 aliphatic carbocycles. The highest BCUT2D eigenvalue weighted by atomic mass is 19.1. The zero-order valence-electron chi connectivity index (χ0n) is 13.2. The number of carbonyl (C=O) groups is 1. The summed E-state index contributed by atoms with van der Waals surface area (Å²) in [7, 11) is 1.74. The first-order valence-electron chi connectivity index (χ1n) is 7.43. The Bertz CT molecular complexity index is 467. The van der Waals surface area contributed by atoms with Gasteiger partial charge in [-0.3, -0.25) is 4.79 Å². The Kier molecular flexibility index (Phi) is 6.62. The van der Waals surface area contributed by atoms with E-state index in [1.54, 1.807) is 19.2 Å². The Morgan fingerprint density at radius 3 is 2.57 bits per heavy atom. The molecule has 0 fully saturated rings. The normalized spacial score (nSPS) is 13.7. The first-order chi connectivity index (χ1) is 9.94. The number of nitrogens with two attached hydrogens (primary N) is 1. The molecule has 1 rings (SSSR count). The summed E-state index contributed by atoms with van der Waals surface area (Å²) in [5.41, 5.74) is 5.36. The third-order valence-electron chi connectivity index (χ3n) is 4.03. The van der Waals surface area contributed by atoms with Crippen molar-refractivity contribution < 1.29 is 9.18 Å². The van der Waals surface area contributed by atoms with E-state index in [4.69, 9.17) is 5.73 Å². The van der Waals surface area contributed by atoms with Crippen LogP contribution in [0, 0.1) is 5.82 Å². The molecular weight excluding hydrogens is 269 g/mol. The molecule has 0 saturated heterocycles. The topological polar surface area (TPSA) is 58.4 Å². The highest BCUT2D eigenvalue weighted by Crippen LogP contribution is 2.20. The lowest BCUT2D eigenvalue weighted by Crippen LogP contribution is -2.51. The maximum Gasteiger partial charge on any atom is 0.237 e. The highest BCUT2D eigenvalue weighted by molar-refractivity contribution is 5.84. The van der Waals surface area contributed by atoms with Gasteiger partial charge < -0.3 is 16.0 Å². The van der Waals surface area contributed by atoms with Crippen molar-refractivity contribution >= 4 is 11.6 Å². The lowest BCUT2D eigenvalue weighted by molar-refractivity contribution is -0.123. The largest absolute Gasteiger partial charge is 0.369 e. The minimum Gasteiger partial charge on any atom is -0.369 e. The first-order valence-corrected chi connectivity index (χ1v) is 7.43. The molecule has 1 aromatic rings. The number of carbonyl (C=O) groups excluding carboxylic acids is 1. The SMILES string of the molecule is CCN(CCCCC(C)(NC)C(N)=O)c1ccccc1F. The van der Waals surface area contributed by atoms with E-state index in [-0.39, 0.29) is 11.7 Å². The number of benzene rings is 1. The predicted octanol–water partition coefficient (Wildman–Crippen LogP) is 2.29. The smallest absolute Gasteiger partial charge is 0.237 e. The molecule has 0 aliphatic heterocycles. The van der Waals surface area contributed by atoms with Gasteiger partial charge >= 0.3 is 0 Å². The van der Waals surface area contributed by atoms with Crippen molar-refractivity contribution in [3.63, 3.8) is 0 Å². The summed E-state index contributed by atoms with van der Waals surface area (Å²) in [6.07, 6.45) is 2.41. The summed E-state index contributed by atoms with van der Waals surface area (Å²) in [5, 5.41) is 2.97. The van der Waals surface area contributed by atoms with Gasteiger partial charge in [-0.2, -0.15) is 0 Å². The van der Waals surface area contributed by atoms with Crippen molar-refractivity contribution in [3.8, 4) is 0 Å². The number of unbranched alkanes of at least 4 members (excludes halogenated alkanes) is 1. The summed E-state index contributed by atoms with van der Waals surface area (Å²) in [5.74, 6) is -0.539. The molecule has 0 radical (unpaired) electrons. The van der Waals surface area contributed by atoms with Crippen LogP contribution in [0.25, 0.3) is 0 Å². The molecule has 3 N–H and O–H groups in total. The fraction of sp³-hybridized carbons (Fsp3) is 0.562. The van der Waals surface area contributed by atoms with Gasteiger partial charge in [-0.1, -0.05) is 12.1 Å². The zero-order valence-corrected chi connectivity index (χ0v) is 13.2. The number of rotatable bonds is 9. The number of primary amides is 1. The molecular formula is C16H26FN3O. The van der Waals surface area contributed by atoms with Crippen LogP contribution in [-0.2, 0) is 4.79 Å². The molecule has 1 amide bonds. The van der Waals surface area contributed by atoms with E-state index in [1.165, 1.54) is 6.07 Å². The molecule has 0 aromatic heterocycles. The molecule has 0 aliphatic rings. The second kappa shape index (κ2) is 7.98. The molecule has 21 heavy (non-hydrogen) atoms. The van der Waals surface area contributed by atoms with Gasteiger partial charge in [-0.15, -0.1) is 0 Å². The number of hydrogen-bond donors (Lipinski definition) is 2. The molecule has 1 atom stereocenters. The Labute approximate surface area is 126 Å². The van der Waals surface area contributed by atoms with Crippen LogP contribution >= 0.6 is 0 Å². The monoisotopic (exact) mass is 295 g/mol. The Hall–Kier alpha value is -1.62. The van der Waals surface area contributed by atoms with Crippen molar-refractivity contribution in [2.24, 2.45) is 5.73 Å². The molecule has 0 heterocycles. The third-order valence-corrected chi connectivity index (χ3v) is 4.03. The average Bonchev–Trinajstić information content (AvgIpc) is 2.48. The van der Waals surface area contributed by atoms with E-state index in [0.29, 0.717) is 12.1 Å². The molecule has 1 unspecified atom stereocenters. The standard InChI is InChI=1S/C16H26FN3O/c1-4-20(14-10-6-5-9-13(14)17)12-8-7-11-16(2,19-3)15(18)21/h5-6,9-10,19H,4,7-8,11-12H2,1-3H3,(H2,18,21). The van der Waals surface area contributed by atoms with Gasteiger partial charge in [0.05, 0.1) is 11.2 Å². The van der Waals surface area contributed by atoms with Crippen LogP contribution in [0.1, 0.15) is 33.1 Å². The second-order valence-electron chi connectivity index (χ2n) is 5.43. The number of anilines is 1. The van der Waals surface area contributed by atoms with Crippen LogP contribution in [-0.4, -0.2) is 31.6 Å². The van der Waals surface area contributed by atoms with Gasteiger partial charge in [0.1, 0.15) is 5.82 Å². The predicted molar refractivity (Wildman–Crippen MR) is 84.8 cm³/mol. The number of nitrogens with one attached hydrogen (secondary N) is 1. The molecule has 4 nitrogen and oxygen atoms in total. The van der Waals surface area contributed by atoms with E-state index in [0.717, 1.165) is 25.9 Å². The van der Waals surface area contributed by atoms with Crippen LogP contribution in [0.2, 0.25) is 0 Å². The van der Waals surface area contributed by atoms with Crippen molar-refractivity contribution in [2.75, 3.05) is 25.0 Å². The number of amides is 1. The van der Waals surface area contributed by atoms with Gasteiger partial charge in [0.25, 0.3) is 0 Å². The van der Waals surface area contributed by atoms with Crippen molar-refractivity contribution in [1.29, 1.82) is 0 Å². The molecule has 0 spiro atoms. The number of likely N-dealkylation sites (N-methyl/N-ethyl adjacent to an activating group) is 1. The minimum atomic E-state index is -0.672. The number of para-hydroxylation sites is 1. The fourth-order valence-electron chi connectivity index (χ4n) is 2.31. The highest BCUT2D eigenvalue weighted by Gasteiger charge is 2.27. The minimum absolute atomic E-state index is 0.198. The number of hydrogen-bond acceptors (Lipinski definition) is 3. The number of halogens is 1. The average molecular weight is 295 g/mol. The van der Waals surface area contributed by atoms with Gasteiger partial charge in [-0.25, -0.2) is 4.39 Å². The van der Waals surface area contributed by atoms with E-state index in [9.17, 15) is 9.18 Å². The van der Waals surface area contributed by atoms with Crippen LogP contribution < -0.4 is 16.0 Å². The van der Waals surface area contributed by atoms with Crippen molar-refractivity contribution in [1.82, 2.24) is 5.32 Å².